The smallest absolute Gasteiger partial charge is 0.257 e. The monoisotopic (exact) mass is 441 g/mol. The first kappa shape index (κ1) is 20.9. The Bertz CT molecular complexity index is 1010. The van der Waals surface area contributed by atoms with Crippen molar-refractivity contribution in [1.82, 2.24) is 10.2 Å². The number of amides is 2. The van der Waals surface area contributed by atoms with Gasteiger partial charge in [0.15, 0.2) is 16.6 Å². The van der Waals surface area contributed by atoms with E-state index in [2.05, 4.69) is 5.32 Å². The number of ether oxygens (including phenoxy) is 3. The summed E-state index contributed by atoms with van der Waals surface area (Å²) < 4.78 is 16.0. The van der Waals surface area contributed by atoms with Crippen LogP contribution in [0.25, 0.3) is 0 Å². The molecule has 0 aromatic heterocycles. The second-order valence-corrected chi connectivity index (χ2v) is 7.52. The van der Waals surface area contributed by atoms with Crippen molar-refractivity contribution in [2.75, 3.05) is 25.3 Å². The van der Waals surface area contributed by atoms with Gasteiger partial charge in [0.2, 0.25) is 12.7 Å². The largest absolute Gasteiger partial charge is 0.497 e. The number of hydrogen-bond acceptors (Lipinski definition) is 6. The van der Waals surface area contributed by atoms with E-state index in [-0.39, 0.29) is 25.0 Å². The molecule has 8 nitrogen and oxygen atoms in total. The van der Waals surface area contributed by atoms with Crippen molar-refractivity contribution in [1.29, 1.82) is 0 Å². The zero-order valence-corrected chi connectivity index (χ0v) is 18.1. The van der Waals surface area contributed by atoms with E-state index in [0.29, 0.717) is 41.1 Å². The van der Waals surface area contributed by atoms with E-state index in [1.165, 1.54) is 4.90 Å². The number of thiocarbonyl (C=S) groups is 1. The quantitative estimate of drug-likeness (QED) is 0.541. The number of nitrogens with zero attached hydrogens (tertiary/aromatic N) is 2. The van der Waals surface area contributed by atoms with Crippen molar-refractivity contribution >= 4 is 34.8 Å². The molecule has 1 fully saturated rings. The number of rotatable bonds is 6. The Morgan fingerprint density at radius 2 is 1.94 bits per heavy atom. The number of fused-ring (bicyclic) bond motifs is 1. The molecule has 9 heteroatoms. The minimum absolute atomic E-state index is 0.0426. The van der Waals surface area contributed by atoms with E-state index in [1.807, 2.05) is 25.1 Å². The molecule has 2 aliphatic heterocycles. The van der Waals surface area contributed by atoms with Crippen molar-refractivity contribution in [2.45, 2.75) is 25.9 Å². The fourth-order valence-corrected chi connectivity index (χ4v) is 4.01. The zero-order valence-electron chi connectivity index (χ0n) is 17.3. The maximum Gasteiger partial charge on any atom is 0.257 e. The molecule has 31 heavy (non-hydrogen) atoms. The Morgan fingerprint density at radius 1 is 1.19 bits per heavy atom. The number of benzene rings is 2. The minimum Gasteiger partial charge on any atom is -0.497 e. The summed E-state index contributed by atoms with van der Waals surface area (Å²) >= 11 is 5.55. The highest BCUT2D eigenvalue weighted by atomic mass is 32.1. The van der Waals surface area contributed by atoms with Gasteiger partial charge in [0.25, 0.3) is 5.91 Å². The van der Waals surface area contributed by atoms with Crippen LogP contribution >= 0.6 is 12.2 Å². The number of carbonyl (C=O) groups is 2. The summed E-state index contributed by atoms with van der Waals surface area (Å²) in [6, 6.07) is 11.7. The molecule has 2 aliphatic rings. The van der Waals surface area contributed by atoms with Crippen LogP contribution < -0.4 is 24.4 Å². The van der Waals surface area contributed by atoms with Crippen molar-refractivity contribution in [3.63, 3.8) is 0 Å². The van der Waals surface area contributed by atoms with Crippen LogP contribution in [0.15, 0.2) is 42.5 Å². The first-order valence-corrected chi connectivity index (χ1v) is 10.4. The van der Waals surface area contributed by atoms with Gasteiger partial charge in [0.05, 0.1) is 19.2 Å². The van der Waals surface area contributed by atoms with Gasteiger partial charge in [-0.15, -0.1) is 0 Å². The molecule has 0 unspecified atom stereocenters. The molecule has 2 heterocycles. The number of hydrogen-bond donors (Lipinski definition) is 1. The average molecular weight is 442 g/mol. The summed E-state index contributed by atoms with van der Waals surface area (Å²) in [5.41, 5.74) is 1.41. The molecule has 0 aliphatic carbocycles. The maximum absolute atomic E-state index is 13.3. The van der Waals surface area contributed by atoms with E-state index in [0.717, 1.165) is 5.56 Å². The highest BCUT2D eigenvalue weighted by Gasteiger charge is 2.43. The Morgan fingerprint density at radius 3 is 2.65 bits per heavy atom. The first-order chi connectivity index (χ1) is 15.0. The third-order valence-corrected chi connectivity index (χ3v) is 5.59. The third kappa shape index (κ3) is 4.13. The van der Waals surface area contributed by atoms with Crippen molar-refractivity contribution in [2.24, 2.45) is 0 Å². The number of nitrogens with one attached hydrogen (secondary N) is 1. The molecule has 1 N–H and O–H groups in total. The van der Waals surface area contributed by atoms with Gasteiger partial charge in [-0.3, -0.25) is 9.59 Å². The van der Waals surface area contributed by atoms with Gasteiger partial charge in [-0.2, -0.15) is 0 Å². The van der Waals surface area contributed by atoms with Crippen LogP contribution in [0.1, 0.15) is 18.9 Å². The molecule has 2 aromatic rings. The Balaban J connectivity index is 1.59. The van der Waals surface area contributed by atoms with Gasteiger partial charge in [0.1, 0.15) is 11.8 Å². The van der Waals surface area contributed by atoms with Crippen molar-refractivity contribution in [3.8, 4) is 17.2 Å². The highest BCUT2D eigenvalue weighted by Crippen LogP contribution is 2.34. The summed E-state index contributed by atoms with van der Waals surface area (Å²) in [5, 5.41) is 3.52. The Labute approximate surface area is 185 Å². The molecule has 0 bridgehead atoms. The Hall–Kier alpha value is -3.33. The molecular formula is C22H23N3O5S. The third-order valence-electron chi connectivity index (χ3n) is 5.21. The number of carbonyl (C=O) groups excluding carboxylic acids is 2. The predicted molar refractivity (Wildman–Crippen MR) is 118 cm³/mol. The van der Waals surface area contributed by atoms with Crippen LogP contribution in [0.3, 0.4) is 0 Å². The minimum atomic E-state index is -0.702. The summed E-state index contributed by atoms with van der Waals surface area (Å²) in [4.78, 5) is 29.1. The van der Waals surface area contributed by atoms with E-state index in [1.54, 1.807) is 36.3 Å². The van der Waals surface area contributed by atoms with Crippen LogP contribution in [0.4, 0.5) is 5.69 Å². The molecular weight excluding hydrogens is 418 g/mol. The topological polar surface area (TPSA) is 80.3 Å². The maximum atomic E-state index is 13.3. The number of imide groups is 1. The molecule has 2 amide bonds. The van der Waals surface area contributed by atoms with E-state index < -0.39 is 6.04 Å². The zero-order chi connectivity index (χ0) is 22.0. The first-order valence-electron chi connectivity index (χ1n) is 9.95. The lowest BCUT2D eigenvalue weighted by atomic mass is 10.1. The van der Waals surface area contributed by atoms with Crippen LogP contribution in [0.2, 0.25) is 0 Å². The average Bonchev–Trinajstić information content (AvgIpc) is 3.35. The van der Waals surface area contributed by atoms with Gasteiger partial charge in [0, 0.05) is 13.1 Å². The second kappa shape index (κ2) is 8.81. The lowest BCUT2D eigenvalue weighted by Crippen LogP contribution is -2.49. The molecule has 2 aromatic carbocycles. The van der Waals surface area contributed by atoms with E-state index >= 15 is 0 Å². The SMILES string of the molecule is CCNC(=S)N(Cc1ccc2c(c1)OCO2)[C@H]1CC(=O)N(c2ccc(OC)cc2)C1=O. The lowest BCUT2D eigenvalue weighted by molar-refractivity contribution is -0.122. The summed E-state index contributed by atoms with van der Waals surface area (Å²) in [5.74, 6) is 1.41. The molecule has 0 radical (unpaired) electrons. The predicted octanol–water partition coefficient (Wildman–Crippen LogP) is 2.45. The number of anilines is 1. The summed E-state index contributed by atoms with van der Waals surface area (Å²) in [6.07, 6.45) is 0.0426. The van der Waals surface area contributed by atoms with Crippen molar-refractivity contribution in [3.05, 3.63) is 48.0 Å². The molecule has 1 saturated heterocycles. The fourth-order valence-electron chi connectivity index (χ4n) is 3.67. The molecule has 4 rings (SSSR count). The molecule has 1 atom stereocenters. The van der Waals surface area contributed by atoms with Crippen LogP contribution in [-0.2, 0) is 16.1 Å². The van der Waals surface area contributed by atoms with E-state index in [4.69, 9.17) is 26.4 Å². The van der Waals surface area contributed by atoms with Crippen molar-refractivity contribution < 1.29 is 23.8 Å². The van der Waals surface area contributed by atoms with Gasteiger partial charge in [-0.25, -0.2) is 4.90 Å². The summed E-state index contributed by atoms with van der Waals surface area (Å²) in [6.45, 7) is 3.07. The molecule has 0 saturated carbocycles. The molecule has 162 valence electrons. The van der Waals surface area contributed by atoms with Gasteiger partial charge in [-0.05, 0) is 61.1 Å². The van der Waals surface area contributed by atoms with Crippen LogP contribution in [-0.4, -0.2) is 48.3 Å². The van der Waals surface area contributed by atoms with Gasteiger partial charge < -0.3 is 24.4 Å². The van der Waals surface area contributed by atoms with Gasteiger partial charge >= 0.3 is 0 Å². The number of methoxy groups -OCH3 is 1. The van der Waals surface area contributed by atoms with Crippen LogP contribution in [0.5, 0.6) is 17.2 Å². The summed E-state index contributed by atoms with van der Waals surface area (Å²) in [7, 11) is 1.56. The normalized spacial score (nSPS) is 17.1. The Kier molecular flexibility index (Phi) is 5.94. The van der Waals surface area contributed by atoms with Gasteiger partial charge in [-0.1, -0.05) is 6.07 Å². The highest BCUT2D eigenvalue weighted by molar-refractivity contribution is 7.80. The fraction of sp³-hybridized carbons (Fsp3) is 0.318. The molecule has 0 spiro atoms. The van der Waals surface area contributed by atoms with E-state index in [9.17, 15) is 9.59 Å². The second-order valence-electron chi connectivity index (χ2n) is 7.14. The lowest BCUT2D eigenvalue weighted by Gasteiger charge is -2.30. The van der Waals surface area contributed by atoms with Crippen LogP contribution in [0, 0.1) is 0 Å². The standard InChI is InChI=1S/C22H23N3O5S/c1-3-23-22(31)24(12-14-4-9-18-19(10-14)30-13-29-18)17-11-20(26)25(21(17)27)15-5-7-16(28-2)8-6-15/h4-10,17H,3,11-13H2,1-2H3,(H,23,31)/t17-/m0/s1.